The molecule has 134 valence electrons. The number of nitrogens with zero attached hydrogens (tertiary/aromatic N) is 1. The third-order valence-corrected chi connectivity index (χ3v) is 3.65. The van der Waals surface area contributed by atoms with Crippen LogP contribution in [-0.4, -0.2) is 25.5 Å². The molecule has 1 aromatic heterocycles. The van der Waals surface area contributed by atoms with Gasteiger partial charge in [0.15, 0.2) is 11.7 Å². The zero-order valence-electron chi connectivity index (χ0n) is 15.0. The maximum absolute atomic E-state index is 11.9. The summed E-state index contributed by atoms with van der Waals surface area (Å²) >= 11 is 0. The maximum atomic E-state index is 11.9. The number of hydrogen-bond acceptors (Lipinski definition) is 3. The Balaban J connectivity index is 1.80. The van der Waals surface area contributed by atoms with Gasteiger partial charge in [0.1, 0.15) is 0 Å². The SMILES string of the molecule is CN=C(NCCC(C)C)NCc1ccc(NC(=O)c2ccco2)cc1. The number of hydrogen-bond donors (Lipinski definition) is 3. The van der Waals surface area contributed by atoms with Crippen LogP contribution >= 0.6 is 0 Å². The van der Waals surface area contributed by atoms with Crippen molar-refractivity contribution >= 4 is 17.6 Å². The largest absolute Gasteiger partial charge is 0.459 e. The fourth-order valence-electron chi connectivity index (χ4n) is 2.19. The van der Waals surface area contributed by atoms with Crippen LogP contribution < -0.4 is 16.0 Å². The topological polar surface area (TPSA) is 78.7 Å². The fraction of sp³-hybridized carbons (Fsp3) is 0.368. The van der Waals surface area contributed by atoms with Gasteiger partial charge in [-0.2, -0.15) is 0 Å². The average molecular weight is 342 g/mol. The van der Waals surface area contributed by atoms with Gasteiger partial charge in [0.2, 0.25) is 0 Å². The van der Waals surface area contributed by atoms with E-state index in [9.17, 15) is 4.79 Å². The summed E-state index contributed by atoms with van der Waals surface area (Å²) in [5, 5.41) is 9.37. The Morgan fingerprint density at radius 1 is 1.16 bits per heavy atom. The van der Waals surface area contributed by atoms with Crippen LogP contribution in [0.1, 0.15) is 36.4 Å². The van der Waals surface area contributed by atoms with Crippen LogP contribution in [-0.2, 0) is 6.54 Å². The smallest absolute Gasteiger partial charge is 0.291 e. The van der Waals surface area contributed by atoms with E-state index >= 15 is 0 Å². The number of anilines is 1. The Morgan fingerprint density at radius 2 is 1.92 bits per heavy atom. The van der Waals surface area contributed by atoms with E-state index in [1.807, 2.05) is 24.3 Å². The second-order valence-corrected chi connectivity index (χ2v) is 6.16. The molecule has 2 rings (SSSR count). The molecule has 0 aliphatic rings. The first-order chi connectivity index (χ1) is 12.1. The van der Waals surface area contributed by atoms with Gasteiger partial charge in [-0.15, -0.1) is 0 Å². The molecular formula is C19H26N4O2. The Hall–Kier alpha value is -2.76. The average Bonchev–Trinajstić information content (AvgIpc) is 3.13. The van der Waals surface area contributed by atoms with E-state index in [0.717, 1.165) is 30.2 Å². The van der Waals surface area contributed by atoms with Crippen molar-refractivity contribution in [2.75, 3.05) is 18.9 Å². The van der Waals surface area contributed by atoms with Crippen molar-refractivity contribution in [3.05, 3.63) is 54.0 Å². The third kappa shape index (κ3) is 6.33. The van der Waals surface area contributed by atoms with Gasteiger partial charge in [-0.05, 0) is 42.2 Å². The quantitative estimate of drug-likeness (QED) is 0.533. The number of benzene rings is 1. The summed E-state index contributed by atoms with van der Waals surface area (Å²) in [4.78, 5) is 16.1. The predicted molar refractivity (Wildman–Crippen MR) is 101 cm³/mol. The molecular weight excluding hydrogens is 316 g/mol. The highest BCUT2D eigenvalue weighted by Gasteiger charge is 2.08. The van der Waals surface area contributed by atoms with Crippen LogP contribution in [0.4, 0.5) is 5.69 Å². The number of rotatable bonds is 7. The molecule has 6 heteroatoms. The molecule has 0 spiro atoms. The highest BCUT2D eigenvalue weighted by Crippen LogP contribution is 2.11. The van der Waals surface area contributed by atoms with Crippen LogP contribution in [0.5, 0.6) is 0 Å². The van der Waals surface area contributed by atoms with E-state index in [2.05, 4.69) is 34.8 Å². The van der Waals surface area contributed by atoms with Crippen molar-refractivity contribution < 1.29 is 9.21 Å². The number of guanidine groups is 1. The summed E-state index contributed by atoms with van der Waals surface area (Å²) in [5.41, 5.74) is 1.83. The lowest BCUT2D eigenvalue weighted by molar-refractivity contribution is 0.0996. The standard InChI is InChI=1S/C19H26N4O2/c1-14(2)10-11-21-19(20-3)22-13-15-6-8-16(9-7-15)23-18(24)17-5-4-12-25-17/h4-9,12,14H,10-11,13H2,1-3H3,(H,23,24)(H2,20,21,22). The Labute approximate surface area is 148 Å². The lowest BCUT2D eigenvalue weighted by Gasteiger charge is -2.13. The molecule has 25 heavy (non-hydrogen) atoms. The van der Waals surface area contributed by atoms with Gasteiger partial charge >= 0.3 is 0 Å². The minimum Gasteiger partial charge on any atom is -0.459 e. The molecule has 0 fully saturated rings. The molecule has 6 nitrogen and oxygen atoms in total. The highest BCUT2D eigenvalue weighted by atomic mass is 16.3. The monoisotopic (exact) mass is 342 g/mol. The van der Waals surface area contributed by atoms with Crippen LogP contribution in [0.3, 0.4) is 0 Å². The number of carbonyl (C=O) groups is 1. The predicted octanol–water partition coefficient (Wildman–Crippen LogP) is 3.24. The normalized spacial score (nSPS) is 11.4. The summed E-state index contributed by atoms with van der Waals surface area (Å²) in [6, 6.07) is 11.0. The summed E-state index contributed by atoms with van der Waals surface area (Å²) in [7, 11) is 1.76. The first-order valence-electron chi connectivity index (χ1n) is 8.47. The molecule has 1 aromatic carbocycles. The number of aliphatic imine (C=N–C) groups is 1. The van der Waals surface area contributed by atoms with E-state index in [0.29, 0.717) is 18.2 Å². The lowest BCUT2D eigenvalue weighted by Crippen LogP contribution is -2.37. The maximum Gasteiger partial charge on any atom is 0.291 e. The van der Waals surface area contributed by atoms with Gasteiger partial charge in [-0.25, -0.2) is 0 Å². The molecule has 1 amide bonds. The van der Waals surface area contributed by atoms with Gasteiger partial charge in [-0.1, -0.05) is 26.0 Å². The number of furan rings is 1. The van der Waals surface area contributed by atoms with Gasteiger partial charge in [0, 0.05) is 25.8 Å². The molecule has 1 heterocycles. The number of nitrogens with one attached hydrogen (secondary N) is 3. The van der Waals surface area contributed by atoms with Crippen molar-refractivity contribution in [3.63, 3.8) is 0 Å². The van der Waals surface area contributed by atoms with Crippen molar-refractivity contribution in [2.45, 2.75) is 26.8 Å². The molecule has 0 saturated heterocycles. The molecule has 3 N–H and O–H groups in total. The van der Waals surface area contributed by atoms with Crippen LogP contribution in [0, 0.1) is 5.92 Å². The van der Waals surface area contributed by atoms with Crippen LogP contribution in [0.25, 0.3) is 0 Å². The van der Waals surface area contributed by atoms with Gasteiger partial charge in [0.05, 0.1) is 6.26 Å². The van der Waals surface area contributed by atoms with Crippen molar-refractivity contribution in [2.24, 2.45) is 10.9 Å². The molecule has 0 aliphatic carbocycles. The third-order valence-electron chi connectivity index (χ3n) is 3.65. The summed E-state index contributed by atoms with van der Waals surface area (Å²) in [5.74, 6) is 1.48. The molecule has 0 radical (unpaired) electrons. The summed E-state index contributed by atoms with van der Waals surface area (Å²) < 4.78 is 5.07. The minimum absolute atomic E-state index is 0.259. The van der Waals surface area contributed by atoms with Crippen molar-refractivity contribution in [1.29, 1.82) is 0 Å². The van der Waals surface area contributed by atoms with E-state index in [4.69, 9.17) is 4.42 Å². The second kappa shape index (κ2) is 9.52. The van der Waals surface area contributed by atoms with E-state index in [1.54, 1.807) is 19.2 Å². The Bertz CT molecular complexity index is 676. The molecule has 0 unspecified atom stereocenters. The van der Waals surface area contributed by atoms with E-state index in [1.165, 1.54) is 6.26 Å². The fourth-order valence-corrected chi connectivity index (χ4v) is 2.19. The first kappa shape index (κ1) is 18.6. The van der Waals surface area contributed by atoms with E-state index in [-0.39, 0.29) is 5.91 Å². The van der Waals surface area contributed by atoms with Crippen LogP contribution in [0.2, 0.25) is 0 Å². The molecule has 2 aromatic rings. The number of amides is 1. The second-order valence-electron chi connectivity index (χ2n) is 6.16. The lowest BCUT2D eigenvalue weighted by atomic mass is 10.1. The highest BCUT2D eigenvalue weighted by molar-refractivity contribution is 6.02. The zero-order valence-corrected chi connectivity index (χ0v) is 15.0. The van der Waals surface area contributed by atoms with Crippen molar-refractivity contribution in [3.8, 4) is 0 Å². The Morgan fingerprint density at radius 3 is 2.52 bits per heavy atom. The van der Waals surface area contributed by atoms with Gasteiger partial charge in [0.25, 0.3) is 5.91 Å². The van der Waals surface area contributed by atoms with E-state index < -0.39 is 0 Å². The van der Waals surface area contributed by atoms with Crippen LogP contribution in [0.15, 0.2) is 52.1 Å². The zero-order chi connectivity index (χ0) is 18.1. The summed E-state index contributed by atoms with van der Waals surface area (Å²) in [6.07, 6.45) is 2.58. The van der Waals surface area contributed by atoms with Gasteiger partial charge in [-0.3, -0.25) is 9.79 Å². The molecule has 0 aliphatic heterocycles. The molecule has 0 atom stereocenters. The van der Waals surface area contributed by atoms with Crippen molar-refractivity contribution in [1.82, 2.24) is 10.6 Å². The van der Waals surface area contributed by atoms with Gasteiger partial charge < -0.3 is 20.4 Å². The number of carbonyl (C=O) groups excluding carboxylic acids is 1. The first-order valence-corrected chi connectivity index (χ1v) is 8.47. The molecule has 0 bridgehead atoms. The Kier molecular flexibility index (Phi) is 7.07. The molecule has 0 saturated carbocycles. The minimum atomic E-state index is -0.259. The summed E-state index contributed by atoms with van der Waals surface area (Å²) in [6.45, 7) is 5.96.